The van der Waals surface area contributed by atoms with Gasteiger partial charge in [0, 0.05) is 17.1 Å². The van der Waals surface area contributed by atoms with E-state index in [1.165, 1.54) is 13.3 Å². The van der Waals surface area contributed by atoms with Crippen molar-refractivity contribution >= 4 is 35.2 Å². The Morgan fingerprint density at radius 3 is 2.65 bits per heavy atom. The zero-order chi connectivity index (χ0) is 14.0. The van der Waals surface area contributed by atoms with Crippen molar-refractivity contribution in [3.8, 4) is 5.75 Å². The zero-order valence-electron chi connectivity index (χ0n) is 10.5. The van der Waals surface area contributed by atoms with E-state index in [4.69, 9.17) is 16.2 Å². The van der Waals surface area contributed by atoms with Gasteiger partial charge in [-0.25, -0.2) is 0 Å². The van der Waals surface area contributed by atoms with E-state index in [1.807, 2.05) is 0 Å². The maximum Gasteiger partial charge on any atom is 0.285 e. The van der Waals surface area contributed by atoms with Crippen molar-refractivity contribution in [2.75, 3.05) is 7.11 Å². The lowest BCUT2D eigenvalue weighted by atomic mass is 10.1. The van der Waals surface area contributed by atoms with Crippen LogP contribution in [0.3, 0.4) is 0 Å². The number of amides is 1. The molecule has 0 fully saturated rings. The van der Waals surface area contributed by atoms with Crippen molar-refractivity contribution in [1.29, 1.82) is 0 Å². The molecule has 0 saturated heterocycles. The van der Waals surface area contributed by atoms with Crippen LogP contribution in [0.5, 0.6) is 5.75 Å². The van der Waals surface area contributed by atoms with Gasteiger partial charge in [-0.15, -0.1) is 12.4 Å². The second kappa shape index (κ2) is 6.07. The summed E-state index contributed by atoms with van der Waals surface area (Å²) in [4.78, 5) is 30.0. The van der Waals surface area contributed by atoms with Gasteiger partial charge in [0.05, 0.1) is 7.11 Å². The van der Waals surface area contributed by atoms with Crippen LogP contribution in [-0.2, 0) is 0 Å². The molecule has 0 aliphatic heterocycles. The van der Waals surface area contributed by atoms with Gasteiger partial charge >= 0.3 is 0 Å². The molecule has 0 atom stereocenters. The van der Waals surface area contributed by atoms with Crippen LogP contribution in [0.25, 0.3) is 10.9 Å². The summed E-state index contributed by atoms with van der Waals surface area (Å²) in [5.41, 5.74) is 10.2. The van der Waals surface area contributed by atoms with Crippen molar-refractivity contribution in [3.63, 3.8) is 0 Å². The molecule has 0 aliphatic rings. The molecule has 0 unspecified atom stereocenters. The number of nitrogens with zero attached hydrogens (tertiary/aromatic N) is 1. The number of rotatable bonds is 2. The molecular weight excluding hydrogens is 284 g/mol. The minimum Gasteiger partial charge on any atom is -0.497 e. The molecule has 0 bridgehead atoms. The molecule has 8 heteroatoms. The molecule has 1 aromatic heterocycles. The van der Waals surface area contributed by atoms with Gasteiger partial charge in [0.25, 0.3) is 5.91 Å². The third kappa shape index (κ3) is 2.89. The van der Waals surface area contributed by atoms with Crippen molar-refractivity contribution in [2.45, 2.75) is 0 Å². The molecular formula is C12H13ClN4O3. The highest BCUT2D eigenvalue weighted by Crippen LogP contribution is 2.16. The molecule has 1 aromatic carbocycles. The molecule has 5 N–H and O–H groups in total. The highest BCUT2D eigenvalue weighted by molar-refractivity contribution is 6.03. The van der Waals surface area contributed by atoms with E-state index in [1.54, 1.807) is 18.2 Å². The number of nitrogens with two attached hydrogens (primary N) is 2. The summed E-state index contributed by atoms with van der Waals surface area (Å²) in [6.45, 7) is 0. The van der Waals surface area contributed by atoms with E-state index in [0.29, 0.717) is 16.7 Å². The van der Waals surface area contributed by atoms with Crippen LogP contribution < -0.4 is 21.6 Å². The number of aliphatic imine (C=N–C) groups is 1. The second-order valence-corrected chi connectivity index (χ2v) is 3.78. The number of ether oxygens (including phenoxy) is 1. The Kier molecular flexibility index (Phi) is 4.71. The number of benzene rings is 1. The first-order valence-electron chi connectivity index (χ1n) is 5.36. The summed E-state index contributed by atoms with van der Waals surface area (Å²) in [5.74, 6) is -0.662. The second-order valence-electron chi connectivity index (χ2n) is 3.78. The minimum atomic E-state index is -0.786. The van der Waals surface area contributed by atoms with E-state index in [2.05, 4.69) is 9.98 Å². The fourth-order valence-corrected chi connectivity index (χ4v) is 1.66. The first-order valence-corrected chi connectivity index (χ1v) is 5.36. The average Bonchev–Trinajstić information content (AvgIpc) is 2.38. The number of carbonyl (C=O) groups is 1. The Labute approximate surface area is 120 Å². The van der Waals surface area contributed by atoms with Gasteiger partial charge in [-0.05, 0) is 18.2 Å². The molecule has 0 saturated carbocycles. The number of guanidine groups is 1. The minimum absolute atomic E-state index is 0. The van der Waals surface area contributed by atoms with Gasteiger partial charge in [0.1, 0.15) is 11.3 Å². The van der Waals surface area contributed by atoms with E-state index in [9.17, 15) is 9.59 Å². The smallest absolute Gasteiger partial charge is 0.285 e. The van der Waals surface area contributed by atoms with Gasteiger partial charge in [0.2, 0.25) is 5.43 Å². The van der Waals surface area contributed by atoms with Gasteiger partial charge in [-0.2, -0.15) is 4.99 Å². The van der Waals surface area contributed by atoms with Crippen molar-refractivity contribution in [3.05, 3.63) is 40.2 Å². The van der Waals surface area contributed by atoms with E-state index >= 15 is 0 Å². The molecule has 0 aliphatic carbocycles. The summed E-state index contributed by atoms with van der Waals surface area (Å²) in [5, 5.41) is 0.330. The third-order valence-electron chi connectivity index (χ3n) is 2.55. The number of nitrogens with one attached hydrogen (secondary N) is 1. The lowest BCUT2D eigenvalue weighted by molar-refractivity contribution is 0.100. The highest BCUT2D eigenvalue weighted by atomic mass is 35.5. The fourth-order valence-electron chi connectivity index (χ4n) is 1.66. The predicted molar refractivity (Wildman–Crippen MR) is 78.5 cm³/mol. The number of fused-ring (bicyclic) bond motifs is 1. The molecule has 0 radical (unpaired) electrons. The maximum atomic E-state index is 12.2. The monoisotopic (exact) mass is 296 g/mol. The Morgan fingerprint density at radius 1 is 1.35 bits per heavy atom. The maximum absolute atomic E-state index is 12.2. The van der Waals surface area contributed by atoms with Gasteiger partial charge in [-0.1, -0.05) is 0 Å². The Morgan fingerprint density at radius 2 is 2.05 bits per heavy atom. The third-order valence-corrected chi connectivity index (χ3v) is 2.55. The lowest BCUT2D eigenvalue weighted by Gasteiger charge is -2.03. The number of pyridine rings is 1. The summed E-state index contributed by atoms with van der Waals surface area (Å²) in [7, 11) is 1.49. The largest absolute Gasteiger partial charge is 0.497 e. The number of halogens is 1. The molecule has 0 spiro atoms. The van der Waals surface area contributed by atoms with Crippen molar-refractivity contribution in [1.82, 2.24) is 4.98 Å². The number of hydrogen-bond acceptors (Lipinski definition) is 3. The van der Waals surface area contributed by atoms with Crippen molar-refractivity contribution in [2.24, 2.45) is 16.5 Å². The van der Waals surface area contributed by atoms with Crippen LogP contribution in [0.4, 0.5) is 0 Å². The summed E-state index contributed by atoms with van der Waals surface area (Å²) < 4.78 is 5.04. The number of carbonyl (C=O) groups excluding carboxylic acids is 1. The highest BCUT2D eigenvalue weighted by Gasteiger charge is 2.13. The number of aromatic amines is 1. The number of H-pyrrole nitrogens is 1. The van der Waals surface area contributed by atoms with Crippen LogP contribution in [0.15, 0.2) is 34.2 Å². The molecule has 7 nitrogen and oxygen atoms in total. The molecule has 1 heterocycles. The van der Waals surface area contributed by atoms with E-state index < -0.39 is 17.3 Å². The van der Waals surface area contributed by atoms with E-state index in [0.717, 1.165) is 0 Å². The normalized spacial score (nSPS) is 9.65. The zero-order valence-corrected chi connectivity index (χ0v) is 11.4. The molecule has 1 amide bonds. The molecule has 2 aromatic rings. The number of aromatic nitrogens is 1. The molecule has 20 heavy (non-hydrogen) atoms. The first-order chi connectivity index (χ1) is 9.02. The Bertz CT molecular complexity index is 735. The summed E-state index contributed by atoms with van der Waals surface area (Å²) >= 11 is 0. The van der Waals surface area contributed by atoms with Gasteiger partial charge < -0.3 is 21.2 Å². The lowest BCUT2D eigenvalue weighted by Crippen LogP contribution is -2.25. The van der Waals surface area contributed by atoms with Gasteiger partial charge in [0.15, 0.2) is 5.96 Å². The topological polar surface area (TPSA) is 124 Å². The number of hydrogen-bond donors (Lipinski definition) is 3. The van der Waals surface area contributed by atoms with Crippen molar-refractivity contribution < 1.29 is 9.53 Å². The van der Waals surface area contributed by atoms with Crippen LogP contribution in [0.1, 0.15) is 10.4 Å². The SMILES string of the molecule is COc1ccc2[nH]cc(C(=O)N=C(N)N)c(=O)c2c1.Cl. The van der Waals surface area contributed by atoms with Gasteiger partial charge in [-0.3, -0.25) is 9.59 Å². The quantitative estimate of drug-likeness (QED) is 0.546. The first kappa shape index (κ1) is 15.5. The van der Waals surface area contributed by atoms with Crippen LogP contribution >= 0.6 is 12.4 Å². The summed E-state index contributed by atoms with van der Waals surface area (Å²) in [6.07, 6.45) is 1.28. The van der Waals surface area contributed by atoms with Crippen LogP contribution in [0.2, 0.25) is 0 Å². The Balaban J connectivity index is 0.00000200. The predicted octanol–water partition coefficient (Wildman–Crippen LogP) is 0.372. The fraction of sp³-hybridized carbons (Fsp3) is 0.0833. The van der Waals surface area contributed by atoms with Crippen LogP contribution in [0, 0.1) is 0 Å². The van der Waals surface area contributed by atoms with E-state index in [-0.39, 0.29) is 18.0 Å². The number of methoxy groups -OCH3 is 1. The average molecular weight is 297 g/mol. The Hall–Kier alpha value is -2.54. The molecule has 2 rings (SSSR count). The molecule has 106 valence electrons. The van der Waals surface area contributed by atoms with Crippen LogP contribution in [-0.4, -0.2) is 24.0 Å². The summed E-state index contributed by atoms with van der Waals surface area (Å²) in [6, 6.07) is 4.93. The standard InChI is InChI=1S/C12H12N4O3.ClH/c1-19-6-2-3-9-7(4-6)10(17)8(5-15-9)11(18)16-12(13)14;/h2-5H,1H3,(H,15,17)(H4,13,14,16,18);1H.